The summed E-state index contributed by atoms with van der Waals surface area (Å²) in [5.74, 6) is 0. The van der Waals surface area contributed by atoms with Crippen LogP contribution in [0, 0.1) is 0 Å². The Morgan fingerprint density at radius 3 is 2.43 bits per heavy atom. The summed E-state index contributed by atoms with van der Waals surface area (Å²) in [6, 6.07) is 7.93. The molecule has 0 spiro atoms. The molecule has 0 bridgehead atoms. The first kappa shape index (κ1) is 9.59. The highest BCUT2D eigenvalue weighted by Gasteiger charge is 2.04. The Morgan fingerprint density at radius 2 is 1.79 bits per heavy atom. The summed E-state index contributed by atoms with van der Waals surface area (Å²) < 4.78 is 0.873. The molecule has 3 heteroatoms. The van der Waals surface area contributed by atoms with Gasteiger partial charge in [-0.3, -0.25) is 0 Å². The fourth-order valence-electron chi connectivity index (χ4n) is 1.41. The molecule has 1 aromatic heterocycles. The maximum Gasteiger partial charge on any atom is 0.128 e. The van der Waals surface area contributed by atoms with Gasteiger partial charge < -0.3 is 0 Å². The van der Waals surface area contributed by atoms with Crippen molar-refractivity contribution >= 4 is 27.0 Å². The molecule has 2 rings (SSSR count). The van der Waals surface area contributed by atoms with Gasteiger partial charge in [-0.1, -0.05) is 25.5 Å². The summed E-state index contributed by atoms with van der Waals surface area (Å²) in [6.07, 6.45) is 2.06. The highest BCUT2D eigenvalue weighted by molar-refractivity contribution is 9.10. The van der Waals surface area contributed by atoms with Crippen LogP contribution in [-0.2, 0) is 6.42 Å². The van der Waals surface area contributed by atoms with E-state index < -0.39 is 0 Å². The molecule has 0 atom stereocenters. The maximum atomic E-state index is 4.56. The zero-order chi connectivity index (χ0) is 9.97. The van der Waals surface area contributed by atoms with E-state index >= 15 is 0 Å². The number of hydrogen-bond acceptors (Lipinski definition) is 2. The van der Waals surface area contributed by atoms with E-state index in [1.807, 2.05) is 24.3 Å². The van der Waals surface area contributed by atoms with Gasteiger partial charge in [-0.05, 0) is 34.5 Å². The van der Waals surface area contributed by atoms with Crippen LogP contribution < -0.4 is 0 Å². The molecule has 0 N–H and O–H groups in total. The largest absolute Gasteiger partial charge is 0.248 e. The van der Waals surface area contributed by atoms with Gasteiger partial charge in [0.05, 0.1) is 16.7 Å². The van der Waals surface area contributed by atoms with E-state index in [4.69, 9.17) is 0 Å². The van der Waals surface area contributed by atoms with Gasteiger partial charge in [-0.2, -0.15) is 0 Å². The Labute approximate surface area is 91.5 Å². The van der Waals surface area contributed by atoms with Crippen LogP contribution in [0.4, 0.5) is 0 Å². The van der Waals surface area contributed by atoms with Crippen molar-refractivity contribution in [3.05, 3.63) is 34.6 Å². The predicted molar refractivity (Wildman–Crippen MR) is 61.2 cm³/mol. The minimum atomic E-state index is 0.873. The maximum absolute atomic E-state index is 4.56. The summed E-state index contributed by atoms with van der Waals surface area (Å²) >= 11 is 3.44. The molecule has 2 aromatic rings. The van der Waals surface area contributed by atoms with Crippen LogP contribution >= 0.6 is 15.9 Å². The number of benzene rings is 1. The van der Waals surface area contributed by atoms with Gasteiger partial charge in [0.2, 0.25) is 0 Å². The minimum absolute atomic E-state index is 0.873. The molecule has 72 valence electrons. The molecule has 1 heterocycles. The molecule has 0 radical (unpaired) electrons. The summed E-state index contributed by atoms with van der Waals surface area (Å²) in [5.41, 5.74) is 2.96. The van der Waals surface area contributed by atoms with Crippen molar-refractivity contribution in [1.82, 2.24) is 9.97 Å². The van der Waals surface area contributed by atoms with Gasteiger partial charge in [0, 0.05) is 0 Å². The average Bonchev–Trinajstić information content (AvgIpc) is 2.19. The van der Waals surface area contributed by atoms with Crippen LogP contribution in [0.1, 0.15) is 19.0 Å². The summed E-state index contributed by atoms with van der Waals surface area (Å²) in [4.78, 5) is 9.00. The number of nitrogens with zero attached hydrogens (tertiary/aromatic N) is 2. The number of hydrogen-bond donors (Lipinski definition) is 0. The van der Waals surface area contributed by atoms with E-state index in [2.05, 4.69) is 32.8 Å². The van der Waals surface area contributed by atoms with Crippen LogP contribution in [0.3, 0.4) is 0 Å². The van der Waals surface area contributed by atoms with Crippen LogP contribution in [0.25, 0.3) is 11.0 Å². The molecule has 0 saturated heterocycles. The Bertz CT molecular complexity index is 454. The normalized spacial score (nSPS) is 10.7. The predicted octanol–water partition coefficient (Wildman–Crippen LogP) is 3.34. The molecule has 0 unspecified atom stereocenters. The lowest BCUT2D eigenvalue weighted by molar-refractivity contribution is 0.872. The van der Waals surface area contributed by atoms with Gasteiger partial charge in [0.15, 0.2) is 0 Å². The van der Waals surface area contributed by atoms with E-state index in [-0.39, 0.29) is 0 Å². The van der Waals surface area contributed by atoms with E-state index in [0.717, 1.165) is 34.2 Å². The van der Waals surface area contributed by atoms with Gasteiger partial charge in [0.25, 0.3) is 0 Å². The molecule has 0 aliphatic carbocycles. The van der Waals surface area contributed by atoms with Crippen LogP contribution in [0.15, 0.2) is 28.9 Å². The quantitative estimate of drug-likeness (QED) is 0.817. The second-order valence-electron chi connectivity index (χ2n) is 3.20. The van der Waals surface area contributed by atoms with Crippen LogP contribution in [-0.4, -0.2) is 9.97 Å². The number of rotatable bonds is 2. The van der Waals surface area contributed by atoms with Gasteiger partial charge >= 0.3 is 0 Å². The van der Waals surface area contributed by atoms with Crippen LogP contribution in [0.2, 0.25) is 0 Å². The molecule has 2 nitrogen and oxygen atoms in total. The number of para-hydroxylation sites is 2. The first-order chi connectivity index (χ1) is 6.81. The van der Waals surface area contributed by atoms with E-state index in [0.29, 0.717) is 0 Å². The van der Waals surface area contributed by atoms with E-state index in [1.54, 1.807) is 0 Å². The van der Waals surface area contributed by atoms with Crippen molar-refractivity contribution in [3.8, 4) is 0 Å². The molecule has 1 aromatic carbocycles. The Kier molecular flexibility index (Phi) is 2.77. The topological polar surface area (TPSA) is 25.8 Å². The molecule has 0 aliphatic heterocycles. The van der Waals surface area contributed by atoms with Crippen molar-refractivity contribution in [2.45, 2.75) is 19.8 Å². The fraction of sp³-hybridized carbons (Fsp3) is 0.273. The number of aryl methyl sites for hydroxylation is 1. The third-order valence-electron chi connectivity index (χ3n) is 2.08. The fourth-order valence-corrected chi connectivity index (χ4v) is 1.89. The summed E-state index contributed by atoms with van der Waals surface area (Å²) in [6.45, 7) is 2.14. The minimum Gasteiger partial charge on any atom is -0.248 e. The third kappa shape index (κ3) is 1.77. The molecule has 0 amide bonds. The Morgan fingerprint density at radius 1 is 1.14 bits per heavy atom. The van der Waals surface area contributed by atoms with E-state index in [1.165, 1.54) is 0 Å². The molecular formula is C11H11BrN2. The summed E-state index contributed by atoms with van der Waals surface area (Å²) in [7, 11) is 0. The van der Waals surface area contributed by atoms with Crippen LogP contribution in [0.5, 0.6) is 0 Å². The number of halogens is 1. The molecule has 0 saturated carbocycles. The van der Waals surface area contributed by atoms with Crippen molar-refractivity contribution in [3.63, 3.8) is 0 Å². The van der Waals surface area contributed by atoms with Gasteiger partial charge in [0.1, 0.15) is 4.60 Å². The zero-order valence-electron chi connectivity index (χ0n) is 8.00. The molecule has 0 fully saturated rings. The Hall–Kier alpha value is -0.960. The van der Waals surface area contributed by atoms with Gasteiger partial charge in [-0.25, -0.2) is 9.97 Å². The average molecular weight is 251 g/mol. The SMILES string of the molecule is CCCc1nc2ccccc2nc1Br. The third-order valence-corrected chi connectivity index (χ3v) is 2.72. The monoisotopic (exact) mass is 250 g/mol. The van der Waals surface area contributed by atoms with Crippen molar-refractivity contribution in [1.29, 1.82) is 0 Å². The Balaban J connectivity index is 2.59. The lowest BCUT2D eigenvalue weighted by Crippen LogP contribution is -1.95. The van der Waals surface area contributed by atoms with E-state index in [9.17, 15) is 0 Å². The second-order valence-corrected chi connectivity index (χ2v) is 3.95. The highest BCUT2D eigenvalue weighted by Crippen LogP contribution is 2.18. The zero-order valence-corrected chi connectivity index (χ0v) is 9.58. The molecular weight excluding hydrogens is 240 g/mol. The number of aromatic nitrogens is 2. The standard InChI is InChI=1S/C11H11BrN2/c1-2-5-10-11(12)14-9-7-4-3-6-8(9)13-10/h3-4,6-7H,2,5H2,1H3. The first-order valence-electron chi connectivity index (χ1n) is 4.72. The molecule has 0 aliphatic rings. The molecule has 14 heavy (non-hydrogen) atoms. The van der Waals surface area contributed by atoms with Gasteiger partial charge in [-0.15, -0.1) is 0 Å². The van der Waals surface area contributed by atoms with Crippen molar-refractivity contribution < 1.29 is 0 Å². The lowest BCUT2D eigenvalue weighted by atomic mass is 10.2. The first-order valence-corrected chi connectivity index (χ1v) is 5.51. The highest BCUT2D eigenvalue weighted by atomic mass is 79.9. The van der Waals surface area contributed by atoms with Crippen molar-refractivity contribution in [2.24, 2.45) is 0 Å². The number of fused-ring (bicyclic) bond motifs is 1. The van der Waals surface area contributed by atoms with Crippen molar-refractivity contribution in [2.75, 3.05) is 0 Å². The summed E-state index contributed by atoms with van der Waals surface area (Å²) in [5, 5.41) is 0. The smallest absolute Gasteiger partial charge is 0.128 e. The second kappa shape index (κ2) is 4.05. The lowest BCUT2D eigenvalue weighted by Gasteiger charge is -2.03.